The number of anilines is 1. The fourth-order valence-corrected chi connectivity index (χ4v) is 3.68. The van der Waals surface area contributed by atoms with Gasteiger partial charge < -0.3 is 20.1 Å². The lowest BCUT2D eigenvalue weighted by Crippen LogP contribution is -2.42. The lowest BCUT2D eigenvalue weighted by Gasteiger charge is -2.22. The average molecular weight is 460 g/mol. The number of carbonyl (C=O) groups excluding carboxylic acids is 3. The first-order valence-electron chi connectivity index (χ1n) is 10.7. The zero-order valence-electron chi connectivity index (χ0n) is 18.9. The number of hydrogen-bond acceptors (Lipinski definition) is 5. The number of nitrogens with zero attached hydrogens (tertiary/aromatic N) is 1. The summed E-state index contributed by atoms with van der Waals surface area (Å²) in [6.45, 7) is 1.65. The topological polar surface area (TPSA) is 97.0 Å². The highest BCUT2D eigenvalue weighted by atomic mass is 16.5. The van der Waals surface area contributed by atoms with Gasteiger partial charge in [-0.15, -0.1) is 0 Å². The van der Waals surface area contributed by atoms with Crippen LogP contribution in [0.4, 0.5) is 10.5 Å². The molecule has 0 saturated carbocycles. The summed E-state index contributed by atoms with van der Waals surface area (Å²) in [4.78, 5) is 39.0. The standard InChI is InChI=1S/C26H25N3O5/c1-26(19-8-12-21(33-2)13-9-19)24(31)29(25(32)28-26)16-23(30)27-20-10-14-22(15-11-20)34-17-18-6-4-3-5-7-18/h3-15H,16-17H2,1-2H3,(H,27,30)(H,28,32)/t26-/m1/s1. The van der Waals surface area contributed by atoms with E-state index in [1.54, 1.807) is 62.6 Å². The Bertz CT molecular complexity index is 1180. The second-order valence-electron chi connectivity index (χ2n) is 8.02. The smallest absolute Gasteiger partial charge is 0.325 e. The van der Waals surface area contributed by atoms with Crippen LogP contribution in [0.3, 0.4) is 0 Å². The van der Waals surface area contributed by atoms with Crippen LogP contribution in [0, 0.1) is 0 Å². The molecule has 1 aliphatic rings. The van der Waals surface area contributed by atoms with Crippen molar-refractivity contribution in [2.24, 2.45) is 0 Å². The number of urea groups is 1. The number of methoxy groups -OCH3 is 1. The van der Waals surface area contributed by atoms with Gasteiger partial charge in [-0.05, 0) is 54.4 Å². The summed E-state index contributed by atoms with van der Waals surface area (Å²) in [5.41, 5.74) is 0.916. The van der Waals surface area contributed by atoms with Crippen molar-refractivity contribution in [2.45, 2.75) is 19.1 Å². The summed E-state index contributed by atoms with van der Waals surface area (Å²) < 4.78 is 10.9. The zero-order valence-corrected chi connectivity index (χ0v) is 18.9. The molecule has 1 aliphatic heterocycles. The fourth-order valence-electron chi connectivity index (χ4n) is 3.68. The largest absolute Gasteiger partial charge is 0.497 e. The summed E-state index contributed by atoms with van der Waals surface area (Å²) in [5.74, 6) is 0.311. The molecule has 0 aliphatic carbocycles. The molecule has 174 valence electrons. The van der Waals surface area contributed by atoms with Crippen LogP contribution in [0.2, 0.25) is 0 Å². The molecule has 1 atom stereocenters. The third-order valence-corrected chi connectivity index (χ3v) is 5.63. The highest BCUT2D eigenvalue weighted by molar-refractivity contribution is 6.10. The van der Waals surface area contributed by atoms with E-state index in [0.29, 0.717) is 29.4 Å². The molecule has 34 heavy (non-hydrogen) atoms. The van der Waals surface area contributed by atoms with Crippen molar-refractivity contribution in [3.8, 4) is 11.5 Å². The van der Waals surface area contributed by atoms with Crippen LogP contribution in [0.25, 0.3) is 0 Å². The Hall–Kier alpha value is -4.33. The molecule has 8 heteroatoms. The maximum Gasteiger partial charge on any atom is 0.325 e. The van der Waals surface area contributed by atoms with Crippen LogP contribution >= 0.6 is 0 Å². The van der Waals surface area contributed by atoms with Crippen molar-refractivity contribution in [3.05, 3.63) is 90.0 Å². The van der Waals surface area contributed by atoms with Crippen molar-refractivity contribution in [1.82, 2.24) is 10.2 Å². The molecule has 8 nitrogen and oxygen atoms in total. The maximum atomic E-state index is 13.0. The molecule has 3 aromatic carbocycles. The van der Waals surface area contributed by atoms with Gasteiger partial charge >= 0.3 is 6.03 Å². The molecule has 0 unspecified atom stereocenters. The first-order valence-corrected chi connectivity index (χ1v) is 10.7. The summed E-state index contributed by atoms with van der Waals surface area (Å²) in [7, 11) is 1.55. The van der Waals surface area contributed by atoms with Crippen molar-refractivity contribution in [1.29, 1.82) is 0 Å². The van der Waals surface area contributed by atoms with Gasteiger partial charge in [-0.3, -0.25) is 14.5 Å². The van der Waals surface area contributed by atoms with E-state index in [2.05, 4.69) is 10.6 Å². The third kappa shape index (κ3) is 4.85. The Morgan fingerprint density at radius 1 is 0.941 bits per heavy atom. The highest BCUT2D eigenvalue weighted by Crippen LogP contribution is 2.30. The molecule has 1 saturated heterocycles. The summed E-state index contributed by atoms with van der Waals surface area (Å²) in [5, 5.41) is 5.40. The van der Waals surface area contributed by atoms with Crippen molar-refractivity contribution in [3.63, 3.8) is 0 Å². The Morgan fingerprint density at radius 3 is 2.24 bits per heavy atom. The molecule has 0 spiro atoms. The van der Waals surface area contributed by atoms with Gasteiger partial charge in [0.1, 0.15) is 30.2 Å². The van der Waals surface area contributed by atoms with Gasteiger partial charge in [0.25, 0.3) is 5.91 Å². The van der Waals surface area contributed by atoms with Gasteiger partial charge in [0, 0.05) is 5.69 Å². The molecule has 0 aromatic heterocycles. The molecule has 4 amide bonds. The lowest BCUT2D eigenvalue weighted by molar-refractivity contribution is -0.133. The van der Waals surface area contributed by atoms with Gasteiger partial charge in [0.2, 0.25) is 5.91 Å². The first-order chi connectivity index (χ1) is 16.4. The molecule has 0 radical (unpaired) electrons. The van der Waals surface area contributed by atoms with Crippen LogP contribution in [0.15, 0.2) is 78.9 Å². The quantitative estimate of drug-likeness (QED) is 0.501. The number of hydrogen-bond donors (Lipinski definition) is 2. The Kier molecular flexibility index (Phi) is 6.49. The van der Waals surface area contributed by atoms with Crippen LogP contribution < -0.4 is 20.1 Å². The number of carbonyl (C=O) groups is 3. The third-order valence-electron chi connectivity index (χ3n) is 5.63. The predicted octanol–water partition coefficient (Wildman–Crippen LogP) is 3.68. The molecule has 0 bridgehead atoms. The lowest BCUT2D eigenvalue weighted by atomic mass is 9.92. The maximum absolute atomic E-state index is 13.0. The summed E-state index contributed by atoms with van der Waals surface area (Å²) >= 11 is 0. The first kappa shape index (κ1) is 22.8. The number of imide groups is 1. The van der Waals surface area contributed by atoms with Gasteiger partial charge in [0.15, 0.2) is 0 Å². The number of ether oxygens (including phenoxy) is 2. The average Bonchev–Trinajstić information content (AvgIpc) is 3.08. The molecule has 1 fully saturated rings. The molecular weight excluding hydrogens is 434 g/mol. The zero-order chi connectivity index (χ0) is 24.1. The van der Waals surface area contributed by atoms with E-state index in [4.69, 9.17) is 9.47 Å². The van der Waals surface area contributed by atoms with Crippen molar-refractivity contribution >= 4 is 23.5 Å². The number of amides is 4. The van der Waals surface area contributed by atoms with Crippen LogP contribution in [-0.4, -0.2) is 36.4 Å². The van der Waals surface area contributed by atoms with E-state index in [0.717, 1.165) is 10.5 Å². The SMILES string of the molecule is COc1ccc([C@@]2(C)NC(=O)N(CC(=O)Nc3ccc(OCc4ccccc4)cc3)C2=O)cc1. The van der Waals surface area contributed by atoms with E-state index in [-0.39, 0.29) is 0 Å². The Balaban J connectivity index is 1.35. The molecule has 2 N–H and O–H groups in total. The Morgan fingerprint density at radius 2 is 1.59 bits per heavy atom. The van der Waals surface area contributed by atoms with Crippen LogP contribution in [0.5, 0.6) is 11.5 Å². The predicted molar refractivity (Wildman–Crippen MR) is 126 cm³/mol. The molecule has 4 rings (SSSR count). The number of nitrogens with one attached hydrogen (secondary N) is 2. The van der Waals surface area contributed by atoms with E-state index < -0.39 is 29.9 Å². The molecule has 3 aromatic rings. The summed E-state index contributed by atoms with van der Waals surface area (Å²) in [6.07, 6.45) is 0. The molecular formula is C26H25N3O5. The minimum Gasteiger partial charge on any atom is -0.497 e. The molecule has 1 heterocycles. The van der Waals surface area contributed by atoms with E-state index in [9.17, 15) is 14.4 Å². The minimum absolute atomic E-state index is 0.400. The summed E-state index contributed by atoms with van der Waals surface area (Å²) in [6, 6.07) is 22.9. The van der Waals surface area contributed by atoms with E-state index in [1.807, 2.05) is 30.3 Å². The van der Waals surface area contributed by atoms with Crippen LogP contribution in [0.1, 0.15) is 18.1 Å². The van der Waals surface area contributed by atoms with Gasteiger partial charge in [-0.1, -0.05) is 42.5 Å². The number of benzene rings is 3. The minimum atomic E-state index is -1.26. The second-order valence-corrected chi connectivity index (χ2v) is 8.02. The Labute approximate surface area is 197 Å². The van der Waals surface area contributed by atoms with Gasteiger partial charge in [-0.25, -0.2) is 4.79 Å². The fraction of sp³-hybridized carbons (Fsp3) is 0.192. The second kappa shape index (κ2) is 9.66. The highest BCUT2D eigenvalue weighted by Gasteiger charge is 2.49. The monoisotopic (exact) mass is 459 g/mol. The normalized spacial score (nSPS) is 17.3. The van der Waals surface area contributed by atoms with Gasteiger partial charge in [0.05, 0.1) is 7.11 Å². The van der Waals surface area contributed by atoms with Crippen molar-refractivity contribution in [2.75, 3.05) is 19.0 Å². The van der Waals surface area contributed by atoms with Crippen molar-refractivity contribution < 1.29 is 23.9 Å². The number of rotatable bonds is 8. The van der Waals surface area contributed by atoms with Gasteiger partial charge in [-0.2, -0.15) is 0 Å². The van der Waals surface area contributed by atoms with E-state index >= 15 is 0 Å². The van der Waals surface area contributed by atoms with E-state index in [1.165, 1.54) is 0 Å². The van der Waals surface area contributed by atoms with Crippen LogP contribution in [-0.2, 0) is 21.7 Å².